The van der Waals surface area contributed by atoms with Gasteiger partial charge in [0.2, 0.25) is 0 Å². The predicted octanol–water partition coefficient (Wildman–Crippen LogP) is 2.21. The SMILES string of the molecule is CCNC(=NCc1ccc(OCC)c(F)c1)NCc1ccnn1C. The zero-order valence-corrected chi connectivity index (χ0v) is 14.3. The average molecular weight is 333 g/mol. The van der Waals surface area contributed by atoms with Gasteiger partial charge in [0.25, 0.3) is 0 Å². The highest BCUT2D eigenvalue weighted by molar-refractivity contribution is 5.79. The molecule has 6 nitrogen and oxygen atoms in total. The number of benzene rings is 1. The largest absolute Gasteiger partial charge is 0.491 e. The van der Waals surface area contributed by atoms with E-state index < -0.39 is 0 Å². The van der Waals surface area contributed by atoms with Gasteiger partial charge in [-0.1, -0.05) is 6.07 Å². The van der Waals surface area contributed by atoms with Gasteiger partial charge in [0, 0.05) is 19.8 Å². The molecule has 0 aliphatic heterocycles. The van der Waals surface area contributed by atoms with Gasteiger partial charge < -0.3 is 15.4 Å². The third-order valence-electron chi connectivity index (χ3n) is 3.42. The van der Waals surface area contributed by atoms with Crippen molar-refractivity contribution in [1.82, 2.24) is 20.4 Å². The number of guanidine groups is 1. The van der Waals surface area contributed by atoms with Crippen LogP contribution in [0.1, 0.15) is 25.1 Å². The molecule has 1 aromatic carbocycles. The van der Waals surface area contributed by atoms with Crippen LogP contribution in [0.15, 0.2) is 35.5 Å². The first-order valence-corrected chi connectivity index (χ1v) is 8.04. The summed E-state index contributed by atoms with van der Waals surface area (Å²) in [6.45, 7) is 6.00. The van der Waals surface area contributed by atoms with Crippen LogP contribution in [0.5, 0.6) is 5.75 Å². The molecule has 0 saturated heterocycles. The van der Waals surface area contributed by atoms with E-state index in [1.54, 1.807) is 16.9 Å². The van der Waals surface area contributed by atoms with Crippen LogP contribution in [0.2, 0.25) is 0 Å². The maximum absolute atomic E-state index is 13.9. The van der Waals surface area contributed by atoms with Crippen molar-refractivity contribution in [3.05, 3.63) is 47.5 Å². The normalized spacial score (nSPS) is 11.4. The van der Waals surface area contributed by atoms with Crippen LogP contribution in [0.4, 0.5) is 4.39 Å². The number of nitrogens with one attached hydrogen (secondary N) is 2. The first kappa shape index (κ1) is 17.8. The fraction of sp³-hybridized carbons (Fsp3) is 0.412. The summed E-state index contributed by atoms with van der Waals surface area (Å²) in [5, 5.41) is 10.5. The van der Waals surface area contributed by atoms with Crippen molar-refractivity contribution in [1.29, 1.82) is 0 Å². The standard InChI is InChI=1S/C17H24FN5O/c1-4-19-17(21-12-14-8-9-22-23(14)3)20-11-13-6-7-16(24-5-2)15(18)10-13/h6-10H,4-5,11-12H2,1-3H3,(H2,19,20,21). The second-order valence-corrected chi connectivity index (χ2v) is 5.19. The fourth-order valence-corrected chi connectivity index (χ4v) is 2.18. The number of hydrogen-bond donors (Lipinski definition) is 2. The Morgan fingerprint density at radius 3 is 2.75 bits per heavy atom. The molecule has 0 bridgehead atoms. The van der Waals surface area contributed by atoms with Crippen LogP contribution in [-0.4, -0.2) is 28.9 Å². The van der Waals surface area contributed by atoms with E-state index in [4.69, 9.17) is 4.74 Å². The average Bonchev–Trinajstić information content (AvgIpc) is 2.98. The Morgan fingerprint density at radius 1 is 1.29 bits per heavy atom. The number of ether oxygens (including phenoxy) is 1. The van der Waals surface area contributed by atoms with E-state index in [1.807, 2.05) is 33.0 Å². The molecule has 24 heavy (non-hydrogen) atoms. The smallest absolute Gasteiger partial charge is 0.191 e. The van der Waals surface area contributed by atoms with Crippen molar-refractivity contribution >= 4 is 5.96 Å². The maximum atomic E-state index is 13.9. The van der Waals surface area contributed by atoms with Gasteiger partial charge in [-0.2, -0.15) is 5.10 Å². The third kappa shape index (κ3) is 4.97. The lowest BCUT2D eigenvalue weighted by Crippen LogP contribution is -2.37. The minimum absolute atomic E-state index is 0.270. The van der Waals surface area contributed by atoms with Crippen LogP contribution in [0.25, 0.3) is 0 Å². The molecule has 1 aromatic heterocycles. The number of nitrogens with zero attached hydrogens (tertiary/aromatic N) is 3. The lowest BCUT2D eigenvalue weighted by Gasteiger charge is -2.11. The Kier molecular flexibility index (Phi) is 6.60. The Morgan fingerprint density at radius 2 is 2.12 bits per heavy atom. The van der Waals surface area contributed by atoms with E-state index >= 15 is 0 Å². The molecule has 2 N–H and O–H groups in total. The Balaban J connectivity index is 1.99. The van der Waals surface area contributed by atoms with Crippen LogP contribution in [-0.2, 0) is 20.1 Å². The monoisotopic (exact) mass is 333 g/mol. The van der Waals surface area contributed by atoms with Gasteiger partial charge >= 0.3 is 0 Å². The predicted molar refractivity (Wildman–Crippen MR) is 92.4 cm³/mol. The number of hydrogen-bond acceptors (Lipinski definition) is 3. The summed E-state index contributed by atoms with van der Waals surface area (Å²) in [6.07, 6.45) is 1.75. The highest BCUT2D eigenvalue weighted by atomic mass is 19.1. The second kappa shape index (κ2) is 8.90. The van der Waals surface area contributed by atoms with Crippen LogP contribution in [0, 0.1) is 5.82 Å². The number of halogens is 1. The van der Waals surface area contributed by atoms with Crippen molar-refractivity contribution in [3.63, 3.8) is 0 Å². The fourth-order valence-electron chi connectivity index (χ4n) is 2.18. The Hall–Kier alpha value is -2.57. The van der Waals surface area contributed by atoms with E-state index in [0.29, 0.717) is 25.7 Å². The molecule has 0 unspecified atom stereocenters. The number of aromatic nitrogens is 2. The van der Waals surface area contributed by atoms with E-state index in [9.17, 15) is 4.39 Å². The molecular weight excluding hydrogens is 309 g/mol. The molecule has 0 saturated carbocycles. The molecule has 0 radical (unpaired) electrons. The summed E-state index contributed by atoms with van der Waals surface area (Å²) in [6, 6.07) is 6.86. The Bertz CT molecular complexity index is 683. The highest BCUT2D eigenvalue weighted by Crippen LogP contribution is 2.18. The molecule has 1 heterocycles. The van der Waals surface area contributed by atoms with E-state index in [1.165, 1.54) is 6.07 Å². The molecule has 0 spiro atoms. The summed E-state index contributed by atoms with van der Waals surface area (Å²) >= 11 is 0. The summed E-state index contributed by atoms with van der Waals surface area (Å²) < 4.78 is 20.9. The molecular formula is C17H24FN5O. The van der Waals surface area contributed by atoms with Crippen LogP contribution < -0.4 is 15.4 Å². The molecule has 7 heteroatoms. The summed E-state index contributed by atoms with van der Waals surface area (Å²) in [5.41, 5.74) is 1.83. The van der Waals surface area contributed by atoms with E-state index in [0.717, 1.165) is 17.8 Å². The molecule has 2 rings (SSSR count). The third-order valence-corrected chi connectivity index (χ3v) is 3.42. The topological polar surface area (TPSA) is 63.5 Å². The van der Waals surface area contributed by atoms with Gasteiger partial charge in [-0.25, -0.2) is 9.38 Å². The maximum Gasteiger partial charge on any atom is 0.191 e. The lowest BCUT2D eigenvalue weighted by atomic mass is 10.2. The van der Waals surface area contributed by atoms with Gasteiger partial charge in [-0.15, -0.1) is 0 Å². The first-order chi connectivity index (χ1) is 11.6. The molecule has 0 fully saturated rings. The Labute approximate surface area is 141 Å². The van der Waals surface area contributed by atoms with Gasteiger partial charge in [0.15, 0.2) is 17.5 Å². The van der Waals surface area contributed by atoms with Crippen LogP contribution in [0.3, 0.4) is 0 Å². The first-order valence-electron chi connectivity index (χ1n) is 8.04. The van der Waals surface area contributed by atoms with Crippen molar-refractivity contribution in [2.45, 2.75) is 26.9 Å². The zero-order chi connectivity index (χ0) is 17.4. The number of rotatable bonds is 7. The van der Waals surface area contributed by atoms with Crippen molar-refractivity contribution < 1.29 is 9.13 Å². The molecule has 2 aromatic rings. The number of aliphatic imine (C=N–C) groups is 1. The molecule has 0 aliphatic rings. The highest BCUT2D eigenvalue weighted by Gasteiger charge is 2.05. The quantitative estimate of drug-likeness (QED) is 0.602. The van der Waals surface area contributed by atoms with Crippen molar-refractivity contribution in [2.75, 3.05) is 13.2 Å². The van der Waals surface area contributed by atoms with Crippen molar-refractivity contribution in [3.8, 4) is 5.75 Å². The second-order valence-electron chi connectivity index (χ2n) is 5.19. The van der Waals surface area contributed by atoms with Crippen molar-refractivity contribution in [2.24, 2.45) is 12.0 Å². The molecule has 130 valence electrons. The zero-order valence-electron chi connectivity index (χ0n) is 14.3. The summed E-state index contributed by atoms with van der Waals surface area (Å²) in [5.74, 6) is 0.580. The van der Waals surface area contributed by atoms with Crippen LogP contribution >= 0.6 is 0 Å². The van der Waals surface area contributed by atoms with Gasteiger partial charge in [-0.3, -0.25) is 4.68 Å². The van der Waals surface area contributed by atoms with Gasteiger partial charge in [0.05, 0.1) is 25.4 Å². The molecule has 0 amide bonds. The van der Waals surface area contributed by atoms with E-state index in [2.05, 4.69) is 20.7 Å². The lowest BCUT2D eigenvalue weighted by molar-refractivity contribution is 0.321. The minimum Gasteiger partial charge on any atom is -0.491 e. The minimum atomic E-state index is -0.364. The molecule has 0 atom stereocenters. The van der Waals surface area contributed by atoms with E-state index in [-0.39, 0.29) is 11.6 Å². The van der Waals surface area contributed by atoms with Gasteiger partial charge in [0.1, 0.15) is 0 Å². The summed E-state index contributed by atoms with van der Waals surface area (Å²) in [7, 11) is 1.89. The number of aryl methyl sites for hydroxylation is 1. The molecule has 0 aliphatic carbocycles. The summed E-state index contributed by atoms with van der Waals surface area (Å²) in [4.78, 5) is 4.49. The van der Waals surface area contributed by atoms with Gasteiger partial charge in [-0.05, 0) is 37.6 Å².